The highest BCUT2D eigenvalue weighted by Crippen LogP contribution is 2.32. The number of hydrogen-bond acceptors (Lipinski definition) is 6. The van der Waals surface area contributed by atoms with Crippen LogP contribution in [-0.4, -0.2) is 12.1 Å². The average molecular weight is 327 g/mol. The molecule has 0 unspecified atom stereocenters. The number of aromatic nitrogens is 1. The third-order valence-corrected chi connectivity index (χ3v) is 3.72. The molecule has 0 aliphatic rings. The van der Waals surface area contributed by atoms with Crippen LogP contribution in [0, 0.1) is 6.92 Å². The highest BCUT2D eigenvalue weighted by molar-refractivity contribution is 7.98. The van der Waals surface area contributed by atoms with Gasteiger partial charge in [0.25, 0.3) is 0 Å². The number of anilines is 1. The average Bonchev–Trinajstić information content (AvgIpc) is 2.56. The van der Waals surface area contributed by atoms with E-state index in [2.05, 4.69) is 9.71 Å². The summed E-state index contributed by atoms with van der Waals surface area (Å²) in [7, 11) is 1.64. The second-order valence-corrected chi connectivity index (χ2v) is 5.43. The van der Waals surface area contributed by atoms with Gasteiger partial charge in [-0.3, -0.25) is 10.1 Å². The van der Waals surface area contributed by atoms with Crippen LogP contribution in [-0.2, 0) is 0 Å². The molecule has 3 N–H and O–H groups in total. The van der Waals surface area contributed by atoms with Crippen molar-refractivity contribution in [1.82, 2.24) is 4.98 Å². The molecule has 0 amide bonds. The summed E-state index contributed by atoms with van der Waals surface area (Å²) in [5.41, 5.74) is 2.65. The van der Waals surface area contributed by atoms with Crippen LogP contribution in [0.5, 0.6) is 17.2 Å². The van der Waals surface area contributed by atoms with Gasteiger partial charge in [-0.2, -0.15) is 0 Å². The molecule has 3 rings (SSSR count). The SMILES string of the molecule is COc1ccc2c(Oc3ccc(NSN)cc3)cc(C)nc2c1. The maximum atomic E-state index is 6.03. The van der Waals surface area contributed by atoms with Gasteiger partial charge in [-0.05, 0) is 43.3 Å². The highest BCUT2D eigenvalue weighted by Gasteiger charge is 2.08. The monoisotopic (exact) mass is 327 g/mol. The Morgan fingerprint density at radius 1 is 1.04 bits per heavy atom. The number of ether oxygens (including phenoxy) is 2. The topological polar surface area (TPSA) is 69.4 Å². The number of hydrogen-bond donors (Lipinski definition) is 2. The molecule has 118 valence electrons. The van der Waals surface area contributed by atoms with E-state index in [0.717, 1.165) is 51.7 Å². The quantitative estimate of drug-likeness (QED) is 0.682. The number of fused-ring (bicyclic) bond motifs is 1. The number of nitrogens with one attached hydrogen (secondary N) is 1. The first kappa shape index (κ1) is 15.5. The van der Waals surface area contributed by atoms with Crippen LogP contribution in [0.15, 0.2) is 48.5 Å². The van der Waals surface area contributed by atoms with Crippen LogP contribution in [0.4, 0.5) is 5.69 Å². The fraction of sp³-hybridized carbons (Fsp3) is 0.118. The zero-order chi connectivity index (χ0) is 16.2. The first-order valence-electron chi connectivity index (χ1n) is 7.04. The van der Waals surface area contributed by atoms with Crippen LogP contribution in [0.3, 0.4) is 0 Å². The molecule has 0 saturated heterocycles. The molecule has 0 bridgehead atoms. The van der Waals surface area contributed by atoms with Gasteiger partial charge in [0.15, 0.2) is 0 Å². The van der Waals surface area contributed by atoms with E-state index in [1.807, 2.05) is 55.5 Å². The standard InChI is InChI=1S/C17H17N3O2S/c1-11-9-17(15-8-7-14(21-2)10-16(15)19-11)22-13-5-3-12(4-6-13)20-23-18/h3-10,20H,18H2,1-2H3. The second-order valence-electron chi connectivity index (χ2n) is 4.99. The van der Waals surface area contributed by atoms with E-state index >= 15 is 0 Å². The van der Waals surface area contributed by atoms with Gasteiger partial charge >= 0.3 is 0 Å². The van der Waals surface area contributed by atoms with Crippen molar-refractivity contribution in [1.29, 1.82) is 0 Å². The van der Waals surface area contributed by atoms with E-state index in [-0.39, 0.29) is 0 Å². The molecular formula is C17H17N3O2S. The molecular weight excluding hydrogens is 310 g/mol. The van der Waals surface area contributed by atoms with E-state index in [1.54, 1.807) is 7.11 Å². The molecule has 0 saturated carbocycles. The van der Waals surface area contributed by atoms with Crippen LogP contribution in [0.1, 0.15) is 5.69 Å². The largest absolute Gasteiger partial charge is 0.497 e. The summed E-state index contributed by atoms with van der Waals surface area (Å²) < 4.78 is 14.3. The summed E-state index contributed by atoms with van der Waals surface area (Å²) >= 11 is 1.06. The Bertz CT molecular complexity index is 822. The number of pyridine rings is 1. The molecule has 2 aromatic carbocycles. The Morgan fingerprint density at radius 2 is 1.78 bits per heavy atom. The first-order chi connectivity index (χ1) is 11.2. The van der Waals surface area contributed by atoms with Gasteiger partial charge in [0.05, 0.1) is 12.6 Å². The van der Waals surface area contributed by atoms with Crippen molar-refractivity contribution < 1.29 is 9.47 Å². The van der Waals surface area contributed by atoms with E-state index in [1.165, 1.54) is 0 Å². The van der Waals surface area contributed by atoms with E-state index in [0.29, 0.717) is 0 Å². The van der Waals surface area contributed by atoms with Gasteiger partial charge in [0.2, 0.25) is 0 Å². The fourth-order valence-corrected chi connectivity index (χ4v) is 2.57. The summed E-state index contributed by atoms with van der Waals surface area (Å²) in [5.74, 6) is 2.29. The van der Waals surface area contributed by atoms with Crippen molar-refractivity contribution in [3.05, 3.63) is 54.2 Å². The zero-order valence-corrected chi connectivity index (χ0v) is 13.7. The summed E-state index contributed by atoms with van der Waals surface area (Å²) in [5, 5.41) is 6.32. The summed E-state index contributed by atoms with van der Waals surface area (Å²) in [4.78, 5) is 4.54. The summed E-state index contributed by atoms with van der Waals surface area (Å²) in [6.07, 6.45) is 0. The Hall–Kier alpha value is -2.44. The van der Waals surface area contributed by atoms with Gasteiger partial charge in [0.1, 0.15) is 17.2 Å². The Morgan fingerprint density at radius 3 is 2.48 bits per heavy atom. The predicted octanol–water partition coefficient (Wildman–Crippen LogP) is 4.28. The van der Waals surface area contributed by atoms with Crippen LogP contribution < -0.4 is 19.3 Å². The zero-order valence-electron chi connectivity index (χ0n) is 12.9. The number of nitrogens with zero attached hydrogens (tertiary/aromatic N) is 1. The van der Waals surface area contributed by atoms with Crippen molar-refractivity contribution in [2.75, 3.05) is 11.8 Å². The fourth-order valence-electron chi connectivity index (χ4n) is 2.30. The number of methoxy groups -OCH3 is 1. The van der Waals surface area contributed by atoms with Gasteiger partial charge in [-0.25, -0.2) is 0 Å². The van der Waals surface area contributed by atoms with Crippen molar-refractivity contribution in [2.24, 2.45) is 5.14 Å². The third-order valence-electron chi connectivity index (χ3n) is 3.37. The second kappa shape index (κ2) is 6.76. The maximum Gasteiger partial charge on any atom is 0.138 e. The molecule has 0 aliphatic carbocycles. The number of benzene rings is 2. The van der Waals surface area contributed by atoms with E-state index < -0.39 is 0 Å². The molecule has 3 aromatic rings. The number of nitrogens with two attached hydrogens (primary N) is 1. The van der Waals surface area contributed by atoms with Crippen molar-refractivity contribution in [3.63, 3.8) is 0 Å². The molecule has 0 radical (unpaired) electrons. The molecule has 23 heavy (non-hydrogen) atoms. The van der Waals surface area contributed by atoms with Crippen molar-refractivity contribution in [3.8, 4) is 17.2 Å². The highest BCUT2D eigenvalue weighted by atomic mass is 32.2. The number of aryl methyl sites for hydroxylation is 1. The Labute approximate surface area is 139 Å². The summed E-state index contributed by atoms with van der Waals surface area (Å²) in [6, 6.07) is 15.3. The minimum Gasteiger partial charge on any atom is -0.497 e. The lowest BCUT2D eigenvalue weighted by Gasteiger charge is -2.11. The molecule has 6 heteroatoms. The Kier molecular flexibility index (Phi) is 4.55. The molecule has 0 aliphatic heterocycles. The van der Waals surface area contributed by atoms with Gasteiger partial charge in [0, 0.05) is 41.0 Å². The van der Waals surface area contributed by atoms with Gasteiger partial charge in [-0.15, -0.1) is 0 Å². The van der Waals surface area contributed by atoms with E-state index in [9.17, 15) is 0 Å². The van der Waals surface area contributed by atoms with Crippen LogP contribution in [0.2, 0.25) is 0 Å². The lowest BCUT2D eigenvalue weighted by atomic mass is 10.1. The predicted molar refractivity (Wildman–Crippen MR) is 94.9 cm³/mol. The minimum absolute atomic E-state index is 0.750. The molecule has 0 fully saturated rings. The van der Waals surface area contributed by atoms with Gasteiger partial charge < -0.3 is 14.2 Å². The number of rotatable bonds is 5. The molecule has 0 spiro atoms. The molecule has 5 nitrogen and oxygen atoms in total. The molecule has 0 atom stereocenters. The Balaban J connectivity index is 1.95. The lowest BCUT2D eigenvalue weighted by molar-refractivity contribution is 0.415. The third kappa shape index (κ3) is 3.49. The molecule has 1 aromatic heterocycles. The smallest absolute Gasteiger partial charge is 0.138 e. The first-order valence-corrected chi connectivity index (χ1v) is 7.92. The van der Waals surface area contributed by atoms with Gasteiger partial charge in [-0.1, -0.05) is 0 Å². The van der Waals surface area contributed by atoms with Crippen LogP contribution >= 0.6 is 12.1 Å². The van der Waals surface area contributed by atoms with E-state index in [4.69, 9.17) is 14.6 Å². The molecule has 1 heterocycles. The summed E-state index contributed by atoms with van der Waals surface area (Å²) in [6.45, 7) is 1.94. The minimum atomic E-state index is 0.750. The van der Waals surface area contributed by atoms with Crippen LogP contribution in [0.25, 0.3) is 10.9 Å². The normalized spacial score (nSPS) is 10.6. The maximum absolute atomic E-state index is 6.03. The van der Waals surface area contributed by atoms with Crippen molar-refractivity contribution >= 4 is 28.7 Å². The van der Waals surface area contributed by atoms with Crippen molar-refractivity contribution in [2.45, 2.75) is 6.92 Å². The lowest BCUT2D eigenvalue weighted by Crippen LogP contribution is -1.93.